The second kappa shape index (κ2) is 4.11. The van der Waals surface area contributed by atoms with Gasteiger partial charge >= 0.3 is 5.69 Å². The van der Waals surface area contributed by atoms with E-state index >= 15 is 0 Å². The smallest absolute Gasteiger partial charge is 0.323 e. The van der Waals surface area contributed by atoms with E-state index in [4.69, 9.17) is 5.73 Å². The highest BCUT2D eigenvalue weighted by atomic mass is 16.1. The predicted octanol–water partition coefficient (Wildman–Crippen LogP) is 0.157. The fourth-order valence-corrected chi connectivity index (χ4v) is 1.25. The highest BCUT2D eigenvalue weighted by molar-refractivity contribution is 5.10. The van der Waals surface area contributed by atoms with Gasteiger partial charge in [0.2, 0.25) is 0 Å². The summed E-state index contributed by atoms with van der Waals surface area (Å²) in [6.07, 6.45) is 2.64. The Hall–Kier alpha value is -1.03. The maximum Gasteiger partial charge on any atom is 0.323 e. The van der Waals surface area contributed by atoms with Gasteiger partial charge in [-0.05, 0) is 25.8 Å². The van der Waals surface area contributed by atoms with Crippen molar-refractivity contribution in [2.24, 2.45) is 5.73 Å². The number of hydrogen-bond acceptors (Lipinski definition) is 2. The molecule has 0 unspecified atom stereocenters. The summed E-state index contributed by atoms with van der Waals surface area (Å²) >= 11 is 0. The molecule has 4 heteroatoms. The summed E-state index contributed by atoms with van der Waals surface area (Å²) in [6, 6.07) is 0. The normalized spacial score (nSPS) is 10.5. The van der Waals surface area contributed by atoms with Crippen LogP contribution < -0.4 is 11.4 Å². The minimum Gasteiger partial charge on any atom is -0.330 e. The van der Waals surface area contributed by atoms with Crippen LogP contribution in [0.25, 0.3) is 0 Å². The number of H-pyrrole nitrogens is 2. The predicted molar refractivity (Wildman–Crippen MR) is 48.2 cm³/mol. The van der Waals surface area contributed by atoms with E-state index in [-0.39, 0.29) is 5.69 Å². The molecule has 0 aliphatic carbocycles. The molecule has 1 rings (SSSR count). The summed E-state index contributed by atoms with van der Waals surface area (Å²) in [4.78, 5) is 16.4. The van der Waals surface area contributed by atoms with Crippen molar-refractivity contribution in [1.29, 1.82) is 0 Å². The van der Waals surface area contributed by atoms with Crippen molar-refractivity contribution < 1.29 is 0 Å². The summed E-state index contributed by atoms with van der Waals surface area (Å²) < 4.78 is 0. The molecule has 0 atom stereocenters. The van der Waals surface area contributed by atoms with E-state index in [1.807, 2.05) is 6.92 Å². The molecular formula is C8H15N3O. The lowest BCUT2D eigenvalue weighted by molar-refractivity contribution is 0.802. The minimum atomic E-state index is -0.112. The van der Waals surface area contributed by atoms with Gasteiger partial charge in [0.05, 0.1) is 0 Å². The summed E-state index contributed by atoms with van der Waals surface area (Å²) in [5, 5.41) is 0. The van der Waals surface area contributed by atoms with Gasteiger partial charge in [0.15, 0.2) is 0 Å². The van der Waals surface area contributed by atoms with E-state index in [0.717, 1.165) is 30.7 Å². The van der Waals surface area contributed by atoms with Crippen molar-refractivity contribution in [3.63, 3.8) is 0 Å². The zero-order valence-electron chi connectivity index (χ0n) is 7.31. The molecule has 0 spiro atoms. The van der Waals surface area contributed by atoms with E-state index in [2.05, 4.69) is 9.97 Å². The summed E-state index contributed by atoms with van der Waals surface area (Å²) in [5.74, 6) is 0. The molecule has 12 heavy (non-hydrogen) atoms. The average molecular weight is 169 g/mol. The average Bonchev–Trinajstić information content (AvgIpc) is 2.42. The zero-order chi connectivity index (χ0) is 8.97. The Balaban J connectivity index is 2.75. The molecule has 1 aromatic heterocycles. The topological polar surface area (TPSA) is 74.7 Å². The van der Waals surface area contributed by atoms with Gasteiger partial charge in [-0.25, -0.2) is 4.79 Å². The van der Waals surface area contributed by atoms with Crippen LogP contribution in [-0.4, -0.2) is 16.5 Å². The van der Waals surface area contributed by atoms with Crippen LogP contribution in [0.2, 0.25) is 0 Å². The third-order valence-electron chi connectivity index (χ3n) is 1.88. The van der Waals surface area contributed by atoms with E-state index in [1.165, 1.54) is 0 Å². The zero-order valence-corrected chi connectivity index (χ0v) is 7.31. The molecule has 0 saturated carbocycles. The molecular weight excluding hydrogens is 154 g/mol. The Bertz CT molecular complexity index is 287. The third kappa shape index (κ3) is 1.98. The lowest BCUT2D eigenvalue weighted by atomic mass is 10.2. The van der Waals surface area contributed by atoms with E-state index in [1.54, 1.807) is 0 Å². The van der Waals surface area contributed by atoms with Crippen molar-refractivity contribution in [2.45, 2.75) is 26.2 Å². The molecule has 0 saturated heterocycles. The van der Waals surface area contributed by atoms with Crippen LogP contribution in [0.5, 0.6) is 0 Å². The summed E-state index contributed by atoms with van der Waals surface area (Å²) in [5.41, 5.74) is 7.28. The lowest BCUT2D eigenvalue weighted by Gasteiger charge is -1.97. The van der Waals surface area contributed by atoms with Gasteiger partial charge in [-0.2, -0.15) is 0 Å². The first-order valence-electron chi connectivity index (χ1n) is 4.28. The van der Waals surface area contributed by atoms with Gasteiger partial charge in [-0.1, -0.05) is 6.92 Å². The Kier molecular flexibility index (Phi) is 3.10. The second-order valence-electron chi connectivity index (χ2n) is 2.78. The standard InChI is InChI=1S/C8H15N3O/c1-2-6-7(4-3-5-9)11-8(12)10-6/h2-5,9H2,1H3,(H2,10,11,12). The fourth-order valence-electron chi connectivity index (χ4n) is 1.25. The lowest BCUT2D eigenvalue weighted by Crippen LogP contribution is -2.03. The number of aromatic nitrogens is 2. The van der Waals surface area contributed by atoms with Gasteiger partial charge in [-0.15, -0.1) is 0 Å². The van der Waals surface area contributed by atoms with Crippen LogP contribution in [0, 0.1) is 0 Å². The van der Waals surface area contributed by atoms with Gasteiger partial charge < -0.3 is 15.7 Å². The van der Waals surface area contributed by atoms with Crippen molar-refractivity contribution in [3.8, 4) is 0 Å². The van der Waals surface area contributed by atoms with Crippen molar-refractivity contribution in [1.82, 2.24) is 9.97 Å². The Labute approximate surface area is 71.2 Å². The molecule has 1 heterocycles. The van der Waals surface area contributed by atoms with Gasteiger partial charge in [0.1, 0.15) is 0 Å². The van der Waals surface area contributed by atoms with Crippen molar-refractivity contribution in [2.75, 3.05) is 6.54 Å². The third-order valence-corrected chi connectivity index (χ3v) is 1.88. The molecule has 0 aliphatic rings. The monoisotopic (exact) mass is 169 g/mol. The van der Waals surface area contributed by atoms with Crippen LogP contribution in [0.1, 0.15) is 24.7 Å². The van der Waals surface area contributed by atoms with E-state index in [0.29, 0.717) is 6.54 Å². The number of aromatic amines is 2. The molecule has 0 radical (unpaired) electrons. The molecule has 0 aromatic carbocycles. The highest BCUT2D eigenvalue weighted by Gasteiger charge is 2.03. The summed E-state index contributed by atoms with van der Waals surface area (Å²) in [6.45, 7) is 2.68. The molecule has 4 nitrogen and oxygen atoms in total. The van der Waals surface area contributed by atoms with Crippen LogP contribution in [0.15, 0.2) is 4.79 Å². The van der Waals surface area contributed by atoms with E-state index in [9.17, 15) is 4.79 Å². The van der Waals surface area contributed by atoms with Crippen LogP contribution in [0.3, 0.4) is 0 Å². The number of rotatable bonds is 4. The van der Waals surface area contributed by atoms with Crippen molar-refractivity contribution in [3.05, 3.63) is 21.9 Å². The number of hydrogen-bond donors (Lipinski definition) is 3. The fraction of sp³-hybridized carbons (Fsp3) is 0.625. The van der Waals surface area contributed by atoms with Crippen LogP contribution in [-0.2, 0) is 12.8 Å². The first-order chi connectivity index (χ1) is 5.77. The molecule has 4 N–H and O–H groups in total. The largest absolute Gasteiger partial charge is 0.330 e. The quantitative estimate of drug-likeness (QED) is 0.600. The molecule has 1 aromatic rings. The minimum absolute atomic E-state index is 0.112. The number of aryl methyl sites for hydroxylation is 2. The van der Waals surface area contributed by atoms with Gasteiger partial charge in [0, 0.05) is 11.4 Å². The molecule has 0 bridgehead atoms. The summed E-state index contributed by atoms with van der Waals surface area (Å²) in [7, 11) is 0. The van der Waals surface area contributed by atoms with Crippen LogP contribution in [0.4, 0.5) is 0 Å². The first kappa shape index (κ1) is 9.06. The van der Waals surface area contributed by atoms with Crippen LogP contribution >= 0.6 is 0 Å². The van der Waals surface area contributed by atoms with Crippen molar-refractivity contribution >= 4 is 0 Å². The first-order valence-corrected chi connectivity index (χ1v) is 4.28. The Morgan fingerprint density at radius 2 is 2.00 bits per heavy atom. The SMILES string of the molecule is CCc1[nH]c(=O)[nH]c1CCCN. The Morgan fingerprint density at radius 3 is 2.58 bits per heavy atom. The Morgan fingerprint density at radius 1 is 1.33 bits per heavy atom. The molecule has 0 aliphatic heterocycles. The maximum atomic E-state index is 10.9. The van der Waals surface area contributed by atoms with Gasteiger partial charge in [0.25, 0.3) is 0 Å². The second-order valence-corrected chi connectivity index (χ2v) is 2.78. The number of nitrogens with one attached hydrogen (secondary N) is 2. The van der Waals surface area contributed by atoms with Gasteiger partial charge in [-0.3, -0.25) is 0 Å². The van der Waals surface area contributed by atoms with E-state index < -0.39 is 0 Å². The number of imidazole rings is 1. The molecule has 0 fully saturated rings. The highest BCUT2D eigenvalue weighted by Crippen LogP contribution is 2.03. The molecule has 0 amide bonds. The maximum absolute atomic E-state index is 10.9. The number of nitrogens with two attached hydrogens (primary N) is 1. The molecule has 68 valence electrons.